The molecule has 0 heterocycles. The van der Waals surface area contributed by atoms with Crippen LogP contribution in [0.1, 0.15) is 57.1 Å². The van der Waals surface area contributed by atoms with E-state index in [2.05, 4.69) is 6.92 Å². The quantitative estimate of drug-likeness (QED) is 0.317. The molecule has 0 saturated carbocycles. The van der Waals surface area contributed by atoms with Gasteiger partial charge in [0.25, 0.3) is 0 Å². The number of nitrogens with two attached hydrogens (primary N) is 1. The first-order valence-corrected chi connectivity index (χ1v) is 7.64. The van der Waals surface area contributed by atoms with E-state index in [0.29, 0.717) is 6.61 Å². The van der Waals surface area contributed by atoms with E-state index < -0.39 is 29.3 Å². The fraction of sp³-hybridized carbons (Fsp3) is 0.562. The van der Waals surface area contributed by atoms with Gasteiger partial charge in [-0.25, -0.2) is 4.79 Å². The van der Waals surface area contributed by atoms with E-state index in [0.717, 1.165) is 31.4 Å². The normalized spacial score (nSPS) is 12.1. The lowest BCUT2D eigenvalue weighted by atomic mass is 10.1. The van der Waals surface area contributed by atoms with Crippen LogP contribution >= 0.6 is 0 Å². The molecular weight excluding hydrogens is 286 g/mol. The van der Waals surface area contributed by atoms with Crippen molar-refractivity contribution < 1.29 is 24.9 Å². The average molecular weight is 311 g/mol. The van der Waals surface area contributed by atoms with E-state index in [4.69, 9.17) is 10.5 Å². The van der Waals surface area contributed by atoms with Crippen molar-refractivity contribution in [3.05, 3.63) is 17.7 Å². The molecule has 0 aliphatic heterocycles. The molecule has 1 aromatic rings. The van der Waals surface area contributed by atoms with E-state index in [1.165, 1.54) is 19.3 Å². The van der Waals surface area contributed by atoms with E-state index >= 15 is 0 Å². The summed E-state index contributed by atoms with van der Waals surface area (Å²) in [4.78, 5) is 11.8. The van der Waals surface area contributed by atoms with Crippen molar-refractivity contribution in [2.24, 2.45) is 5.73 Å². The van der Waals surface area contributed by atoms with E-state index in [1.807, 2.05) is 0 Å². The van der Waals surface area contributed by atoms with Gasteiger partial charge in [-0.2, -0.15) is 0 Å². The molecular formula is C16H25NO5. The third-order valence-electron chi connectivity index (χ3n) is 3.45. The highest BCUT2D eigenvalue weighted by Crippen LogP contribution is 2.36. The number of unbranched alkanes of at least 4 members (excludes halogenated alkanes) is 5. The van der Waals surface area contributed by atoms with Crippen molar-refractivity contribution in [3.8, 4) is 17.2 Å². The van der Waals surface area contributed by atoms with Crippen LogP contribution in [0.5, 0.6) is 17.2 Å². The Labute approximate surface area is 130 Å². The largest absolute Gasteiger partial charge is 0.504 e. The van der Waals surface area contributed by atoms with Crippen LogP contribution in [-0.2, 0) is 9.53 Å². The van der Waals surface area contributed by atoms with E-state index in [1.54, 1.807) is 0 Å². The fourth-order valence-electron chi connectivity index (χ4n) is 2.09. The SMILES string of the molecule is CCCCCCCCOC(=O)[C@@H](N)c1cc(O)c(O)c(O)c1. The zero-order chi connectivity index (χ0) is 16.5. The highest BCUT2D eigenvalue weighted by molar-refractivity contribution is 5.78. The van der Waals surface area contributed by atoms with Crippen LogP contribution in [0.3, 0.4) is 0 Å². The van der Waals surface area contributed by atoms with Crippen molar-refractivity contribution >= 4 is 5.97 Å². The first kappa shape index (κ1) is 18.1. The van der Waals surface area contributed by atoms with Crippen LogP contribution in [0.15, 0.2) is 12.1 Å². The van der Waals surface area contributed by atoms with Gasteiger partial charge >= 0.3 is 5.97 Å². The zero-order valence-corrected chi connectivity index (χ0v) is 12.9. The van der Waals surface area contributed by atoms with Crippen molar-refractivity contribution in [1.29, 1.82) is 0 Å². The highest BCUT2D eigenvalue weighted by Gasteiger charge is 2.20. The molecule has 1 rings (SSSR count). The van der Waals surface area contributed by atoms with Crippen molar-refractivity contribution in [1.82, 2.24) is 0 Å². The Morgan fingerprint density at radius 1 is 1.09 bits per heavy atom. The summed E-state index contributed by atoms with van der Waals surface area (Å²) in [6, 6.07) is 1.15. The molecule has 1 aromatic carbocycles. The van der Waals surface area contributed by atoms with E-state index in [9.17, 15) is 20.1 Å². The average Bonchev–Trinajstić information content (AvgIpc) is 2.50. The second kappa shape index (κ2) is 9.15. The number of aromatic hydroxyl groups is 3. The number of hydrogen-bond acceptors (Lipinski definition) is 6. The summed E-state index contributed by atoms with van der Waals surface area (Å²) >= 11 is 0. The minimum Gasteiger partial charge on any atom is -0.504 e. The lowest BCUT2D eigenvalue weighted by molar-refractivity contribution is -0.145. The van der Waals surface area contributed by atoms with Crippen LogP contribution in [0.2, 0.25) is 0 Å². The molecule has 0 bridgehead atoms. The molecule has 0 saturated heterocycles. The van der Waals surface area contributed by atoms with Crippen LogP contribution in [0.25, 0.3) is 0 Å². The molecule has 1 atom stereocenters. The first-order chi connectivity index (χ1) is 10.5. The topological polar surface area (TPSA) is 113 Å². The Kier molecular flexibility index (Phi) is 7.52. The minimum absolute atomic E-state index is 0.181. The summed E-state index contributed by atoms with van der Waals surface area (Å²) in [6.07, 6.45) is 6.51. The maximum atomic E-state index is 11.8. The van der Waals surface area contributed by atoms with Gasteiger partial charge in [-0.1, -0.05) is 39.0 Å². The van der Waals surface area contributed by atoms with Gasteiger partial charge in [0, 0.05) is 0 Å². The maximum absolute atomic E-state index is 11.8. The molecule has 124 valence electrons. The second-order valence-electron chi connectivity index (χ2n) is 5.32. The summed E-state index contributed by atoms with van der Waals surface area (Å²) in [7, 11) is 0. The summed E-state index contributed by atoms with van der Waals surface area (Å²) in [5, 5.41) is 28.1. The number of carbonyl (C=O) groups is 1. The molecule has 6 heteroatoms. The minimum atomic E-state index is -1.11. The number of esters is 1. The summed E-state index contributed by atoms with van der Waals surface area (Å²) in [6.45, 7) is 2.46. The molecule has 0 spiro atoms. The molecule has 6 nitrogen and oxygen atoms in total. The highest BCUT2D eigenvalue weighted by atomic mass is 16.5. The number of phenolic OH excluding ortho intramolecular Hbond substituents is 3. The van der Waals surface area contributed by atoms with Crippen LogP contribution < -0.4 is 5.73 Å². The van der Waals surface area contributed by atoms with Gasteiger partial charge < -0.3 is 25.8 Å². The van der Waals surface area contributed by atoms with Crippen molar-refractivity contribution in [3.63, 3.8) is 0 Å². The Bertz CT molecular complexity index is 466. The van der Waals surface area contributed by atoms with Gasteiger partial charge in [-0.3, -0.25) is 0 Å². The van der Waals surface area contributed by atoms with Crippen molar-refractivity contribution in [2.75, 3.05) is 6.61 Å². The number of phenols is 3. The Morgan fingerprint density at radius 2 is 1.64 bits per heavy atom. The van der Waals surface area contributed by atoms with Crippen molar-refractivity contribution in [2.45, 2.75) is 51.5 Å². The van der Waals surface area contributed by atoms with Crippen LogP contribution in [-0.4, -0.2) is 27.9 Å². The standard InChI is InChI=1S/C16H25NO5/c1-2-3-4-5-6-7-8-22-16(21)14(17)11-9-12(18)15(20)13(19)10-11/h9-10,14,18-20H,2-8,17H2,1H3/t14-/m0/s1. The van der Waals surface area contributed by atoms with Crippen LogP contribution in [0, 0.1) is 0 Å². The lowest BCUT2D eigenvalue weighted by Crippen LogP contribution is -2.24. The molecule has 0 radical (unpaired) electrons. The fourth-order valence-corrected chi connectivity index (χ4v) is 2.09. The zero-order valence-electron chi connectivity index (χ0n) is 12.9. The molecule has 5 N–H and O–H groups in total. The monoisotopic (exact) mass is 311 g/mol. The van der Waals surface area contributed by atoms with Gasteiger partial charge in [0.1, 0.15) is 6.04 Å². The number of hydrogen-bond donors (Lipinski definition) is 4. The number of ether oxygens (including phenoxy) is 1. The number of benzene rings is 1. The molecule has 0 aromatic heterocycles. The van der Waals surface area contributed by atoms with Gasteiger partial charge in [0.15, 0.2) is 17.2 Å². The summed E-state index contributed by atoms with van der Waals surface area (Å²) in [5.41, 5.74) is 5.91. The third-order valence-corrected chi connectivity index (χ3v) is 3.45. The van der Waals surface area contributed by atoms with Gasteiger partial charge in [0.2, 0.25) is 0 Å². The molecule has 0 amide bonds. The Morgan fingerprint density at radius 3 is 2.23 bits per heavy atom. The Balaban J connectivity index is 2.39. The summed E-state index contributed by atoms with van der Waals surface area (Å²) < 4.78 is 5.09. The van der Waals surface area contributed by atoms with Gasteiger partial charge in [-0.15, -0.1) is 0 Å². The number of carbonyl (C=O) groups excluding carboxylic acids is 1. The third kappa shape index (κ3) is 5.44. The first-order valence-electron chi connectivity index (χ1n) is 7.64. The smallest absolute Gasteiger partial charge is 0.327 e. The van der Waals surface area contributed by atoms with E-state index in [-0.39, 0.29) is 5.56 Å². The predicted molar refractivity (Wildman–Crippen MR) is 82.7 cm³/mol. The molecule has 22 heavy (non-hydrogen) atoms. The molecule has 0 aliphatic carbocycles. The Hall–Kier alpha value is -1.95. The molecule has 0 aliphatic rings. The predicted octanol–water partition coefficient (Wildman–Crippen LogP) is 2.71. The second-order valence-corrected chi connectivity index (χ2v) is 5.32. The number of rotatable bonds is 9. The molecule has 0 unspecified atom stereocenters. The lowest BCUT2D eigenvalue weighted by Gasteiger charge is -2.13. The molecule has 0 fully saturated rings. The van der Waals surface area contributed by atoms with Gasteiger partial charge in [0.05, 0.1) is 6.61 Å². The van der Waals surface area contributed by atoms with Gasteiger partial charge in [-0.05, 0) is 24.1 Å². The maximum Gasteiger partial charge on any atom is 0.327 e. The summed E-state index contributed by atoms with van der Waals surface area (Å²) in [5.74, 6) is -2.34. The van der Waals surface area contributed by atoms with Crippen LogP contribution in [0.4, 0.5) is 0 Å².